The van der Waals surface area contributed by atoms with Gasteiger partial charge in [0.1, 0.15) is 0 Å². The highest BCUT2D eigenvalue weighted by Crippen LogP contribution is 2.40. The summed E-state index contributed by atoms with van der Waals surface area (Å²) in [6, 6.07) is 13.5. The Morgan fingerprint density at radius 2 is 1.84 bits per heavy atom. The fraction of sp³-hybridized carbons (Fsp3) is 0.350. The molecule has 2 aliphatic carbocycles. The largest absolute Gasteiger partial charge is 0.260 e. The van der Waals surface area contributed by atoms with Gasteiger partial charge in [-0.25, -0.2) is 8.42 Å². The van der Waals surface area contributed by atoms with Gasteiger partial charge in [-0.05, 0) is 61.9 Å². The van der Waals surface area contributed by atoms with E-state index in [9.17, 15) is 8.42 Å². The van der Waals surface area contributed by atoms with Gasteiger partial charge >= 0.3 is 0 Å². The van der Waals surface area contributed by atoms with E-state index in [-0.39, 0.29) is 12.1 Å². The molecule has 0 bridgehead atoms. The minimum atomic E-state index is -3.50. The fourth-order valence-corrected chi connectivity index (χ4v) is 5.58. The molecule has 0 radical (unpaired) electrons. The molecule has 0 spiro atoms. The van der Waals surface area contributed by atoms with Gasteiger partial charge in [0.15, 0.2) is 0 Å². The van der Waals surface area contributed by atoms with Crippen LogP contribution in [0.15, 0.2) is 53.6 Å². The predicted octanol–water partition coefficient (Wildman–Crippen LogP) is 3.92. The van der Waals surface area contributed by atoms with Crippen molar-refractivity contribution in [2.75, 3.05) is 0 Å². The molecule has 1 saturated carbocycles. The van der Waals surface area contributed by atoms with Crippen LogP contribution in [0.2, 0.25) is 0 Å². The summed E-state index contributed by atoms with van der Waals surface area (Å²) < 4.78 is 28.5. The van der Waals surface area contributed by atoms with Crippen LogP contribution in [0.25, 0.3) is 6.08 Å². The first-order chi connectivity index (χ1) is 12.1. The number of allylic oxidation sites excluding steroid dienone is 1. The number of hydrogen-bond acceptors (Lipinski definition) is 3. The molecule has 5 heteroatoms. The molecular weight excluding hydrogens is 332 g/mol. The zero-order chi connectivity index (χ0) is 17.4. The van der Waals surface area contributed by atoms with E-state index in [1.807, 2.05) is 49.4 Å². The molecule has 4 nitrogen and oxygen atoms in total. The predicted molar refractivity (Wildman–Crippen MR) is 99.2 cm³/mol. The SMILES string of the molecule is C[C@@H](c1ccccn1)N(C1CC1)S(=O)(=O)C1=Cc2ccccc2CC1. The van der Waals surface area contributed by atoms with Gasteiger partial charge < -0.3 is 0 Å². The Balaban J connectivity index is 1.71. The van der Waals surface area contributed by atoms with Crippen molar-refractivity contribution in [3.8, 4) is 0 Å². The minimum absolute atomic E-state index is 0.0973. The average Bonchev–Trinajstić information content (AvgIpc) is 3.46. The number of aromatic nitrogens is 1. The zero-order valence-corrected chi connectivity index (χ0v) is 15.1. The van der Waals surface area contributed by atoms with Crippen LogP contribution < -0.4 is 0 Å². The molecule has 0 saturated heterocycles. The van der Waals surface area contributed by atoms with Gasteiger partial charge in [-0.2, -0.15) is 4.31 Å². The Morgan fingerprint density at radius 1 is 1.08 bits per heavy atom. The lowest BCUT2D eigenvalue weighted by molar-refractivity contribution is 0.331. The van der Waals surface area contributed by atoms with Gasteiger partial charge in [0.2, 0.25) is 10.0 Å². The quantitative estimate of drug-likeness (QED) is 0.817. The normalized spacial score (nSPS) is 18.6. The van der Waals surface area contributed by atoms with Crippen LogP contribution in [0.3, 0.4) is 0 Å². The van der Waals surface area contributed by atoms with Crippen LogP contribution in [0.5, 0.6) is 0 Å². The third-order valence-electron chi connectivity index (χ3n) is 5.03. The van der Waals surface area contributed by atoms with Gasteiger partial charge in [0.25, 0.3) is 0 Å². The molecule has 0 unspecified atom stereocenters. The number of fused-ring (bicyclic) bond motifs is 1. The average molecular weight is 354 g/mol. The van der Waals surface area contributed by atoms with Crippen LogP contribution in [0.4, 0.5) is 0 Å². The topological polar surface area (TPSA) is 50.3 Å². The number of pyridine rings is 1. The van der Waals surface area contributed by atoms with Crippen molar-refractivity contribution >= 4 is 16.1 Å². The lowest BCUT2D eigenvalue weighted by atomic mass is 9.98. The smallest absolute Gasteiger partial charge is 0.240 e. The molecule has 130 valence electrons. The molecule has 2 aliphatic rings. The number of benzene rings is 1. The van der Waals surface area contributed by atoms with E-state index < -0.39 is 10.0 Å². The Morgan fingerprint density at radius 3 is 2.56 bits per heavy atom. The molecule has 1 fully saturated rings. The van der Waals surface area contributed by atoms with Gasteiger partial charge in [0.05, 0.1) is 16.6 Å². The van der Waals surface area contributed by atoms with Gasteiger partial charge in [0, 0.05) is 12.2 Å². The van der Waals surface area contributed by atoms with Gasteiger partial charge in [-0.15, -0.1) is 0 Å². The maximum Gasteiger partial charge on any atom is 0.240 e. The van der Waals surface area contributed by atoms with Crippen molar-refractivity contribution < 1.29 is 8.42 Å². The van der Waals surface area contributed by atoms with Crippen molar-refractivity contribution in [1.82, 2.24) is 9.29 Å². The molecule has 1 aromatic carbocycles. The van der Waals surface area contributed by atoms with E-state index >= 15 is 0 Å². The first-order valence-electron chi connectivity index (χ1n) is 8.80. The van der Waals surface area contributed by atoms with Crippen LogP contribution in [0.1, 0.15) is 49.0 Å². The summed E-state index contributed by atoms with van der Waals surface area (Å²) in [5.41, 5.74) is 3.04. The lowest BCUT2D eigenvalue weighted by Crippen LogP contribution is -2.37. The van der Waals surface area contributed by atoms with Crippen LogP contribution in [0, 0.1) is 0 Å². The van der Waals surface area contributed by atoms with E-state index in [0.29, 0.717) is 11.3 Å². The summed E-state index contributed by atoms with van der Waals surface area (Å²) in [6.45, 7) is 1.94. The van der Waals surface area contributed by atoms with Crippen molar-refractivity contribution in [2.45, 2.75) is 44.7 Å². The maximum atomic E-state index is 13.4. The molecule has 4 rings (SSSR count). The van der Waals surface area contributed by atoms with E-state index in [0.717, 1.165) is 30.5 Å². The number of sulfonamides is 1. The molecule has 0 N–H and O–H groups in total. The Hall–Kier alpha value is -1.98. The molecular formula is C20H22N2O2S. The minimum Gasteiger partial charge on any atom is -0.260 e. The molecule has 1 heterocycles. The van der Waals surface area contributed by atoms with E-state index in [2.05, 4.69) is 11.1 Å². The first kappa shape index (κ1) is 16.5. The molecule has 2 aromatic rings. The summed E-state index contributed by atoms with van der Waals surface area (Å²) in [6.07, 6.45) is 6.78. The van der Waals surface area contributed by atoms with E-state index in [1.54, 1.807) is 10.5 Å². The number of hydrogen-bond donors (Lipinski definition) is 0. The molecule has 0 aliphatic heterocycles. The molecule has 0 amide bonds. The number of nitrogens with zero attached hydrogens (tertiary/aromatic N) is 2. The monoisotopic (exact) mass is 354 g/mol. The zero-order valence-electron chi connectivity index (χ0n) is 14.3. The number of rotatable bonds is 5. The summed E-state index contributed by atoms with van der Waals surface area (Å²) in [4.78, 5) is 4.91. The standard InChI is InChI=1S/C20H22N2O2S/c1-15(20-8-4-5-13-21-20)22(18-10-11-18)25(23,24)19-12-9-16-6-2-3-7-17(16)14-19/h2-8,13-15,18H,9-12H2,1H3/t15-/m0/s1. The summed E-state index contributed by atoms with van der Waals surface area (Å²) in [5.74, 6) is 0. The van der Waals surface area contributed by atoms with E-state index in [4.69, 9.17) is 0 Å². The first-order valence-corrected chi connectivity index (χ1v) is 10.2. The second-order valence-corrected chi connectivity index (χ2v) is 8.70. The van der Waals surface area contributed by atoms with Gasteiger partial charge in [-0.1, -0.05) is 30.3 Å². The van der Waals surface area contributed by atoms with Gasteiger partial charge in [-0.3, -0.25) is 4.98 Å². The Kier molecular flexibility index (Phi) is 4.21. The highest BCUT2D eigenvalue weighted by molar-refractivity contribution is 7.93. The molecule has 25 heavy (non-hydrogen) atoms. The highest BCUT2D eigenvalue weighted by atomic mass is 32.2. The van der Waals surface area contributed by atoms with Crippen molar-refractivity contribution in [3.63, 3.8) is 0 Å². The Labute approximate surface area is 149 Å². The summed E-state index contributed by atoms with van der Waals surface area (Å²) in [5, 5.41) is 0. The molecule has 1 atom stereocenters. The Bertz CT molecular complexity index is 902. The summed E-state index contributed by atoms with van der Waals surface area (Å²) >= 11 is 0. The van der Waals surface area contributed by atoms with Crippen molar-refractivity contribution in [1.29, 1.82) is 0 Å². The molecule has 1 aromatic heterocycles. The third kappa shape index (κ3) is 3.14. The van der Waals surface area contributed by atoms with E-state index in [1.165, 1.54) is 5.56 Å². The van der Waals surface area contributed by atoms with Crippen molar-refractivity contribution in [3.05, 3.63) is 70.4 Å². The second kappa shape index (κ2) is 6.39. The third-order valence-corrected chi connectivity index (χ3v) is 7.18. The van der Waals surface area contributed by atoms with Crippen LogP contribution in [-0.2, 0) is 16.4 Å². The van der Waals surface area contributed by atoms with Crippen LogP contribution >= 0.6 is 0 Å². The summed E-state index contributed by atoms with van der Waals surface area (Å²) in [7, 11) is -3.50. The van der Waals surface area contributed by atoms with Crippen LogP contribution in [-0.4, -0.2) is 23.7 Å². The highest BCUT2D eigenvalue weighted by Gasteiger charge is 2.43. The number of aryl methyl sites for hydroxylation is 1. The lowest BCUT2D eigenvalue weighted by Gasteiger charge is -2.30. The second-order valence-electron chi connectivity index (χ2n) is 6.81. The fourth-order valence-electron chi connectivity index (χ4n) is 3.55. The van der Waals surface area contributed by atoms with Crippen molar-refractivity contribution in [2.24, 2.45) is 0 Å². The maximum absolute atomic E-state index is 13.4.